The zero-order valence-electron chi connectivity index (χ0n) is 8.97. The van der Waals surface area contributed by atoms with Crippen molar-refractivity contribution < 1.29 is 4.79 Å². The number of hydrogen-bond acceptors (Lipinski definition) is 6. The highest BCUT2D eigenvalue weighted by Gasteiger charge is 2.48. The fraction of sp³-hybridized carbons (Fsp3) is 0.667. The average Bonchev–Trinajstić information content (AvgIpc) is 2.97. The Kier molecular flexibility index (Phi) is 3.46. The highest BCUT2D eigenvalue weighted by molar-refractivity contribution is 8.01. The van der Waals surface area contributed by atoms with Crippen LogP contribution in [0, 0.1) is 5.92 Å². The first kappa shape index (κ1) is 11.8. The molecular formula is C9H14N4OS2. The Morgan fingerprint density at radius 3 is 3.00 bits per heavy atom. The van der Waals surface area contributed by atoms with E-state index >= 15 is 0 Å². The number of carbonyl (C=O) groups excluding carboxylic acids is 1. The average molecular weight is 258 g/mol. The van der Waals surface area contributed by atoms with Crippen LogP contribution in [-0.4, -0.2) is 33.6 Å². The number of thioether (sulfide) groups is 1. The van der Waals surface area contributed by atoms with E-state index in [2.05, 4.69) is 14.7 Å². The van der Waals surface area contributed by atoms with Gasteiger partial charge in [-0.3, -0.25) is 4.79 Å². The summed E-state index contributed by atoms with van der Waals surface area (Å²) >= 11 is 2.88. The fourth-order valence-electron chi connectivity index (χ4n) is 1.77. The van der Waals surface area contributed by atoms with Gasteiger partial charge in [0.2, 0.25) is 5.91 Å². The lowest BCUT2D eigenvalue weighted by Crippen LogP contribution is -2.57. The van der Waals surface area contributed by atoms with Crippen LogP contribution >= 0.6 is 23.3 Å². The van der Waals surface area contributed by atoms with Crippen LogP contribution in [0.3, 0.4) is 0 Å². The molecule has 0 aromatic carbocycles. The van der Waals surface area contributed by atoms with Gasteiger partial charge in [0.1, 0.15) is 11.9 Å². The summed E-state index contributed by atoms with van der Waals surface area (Å²) in [5.74, 6) is 0.725. The zero-order valence-corrected chi connectivity index (χ0v) is 10.6. The quantitative estimate of drug-likeness (QED) is 0.726. The van der Waals surface area contributed by atoms with Crippen LogP contribution in [0.1, 0.15) is 12.8 Å². The van der Waals surface area contributed by atoms with Crippen molar-refractivity contribution in [2.75, 3.05) is 12.8 Å². The number of rotatable bonds is 6. The normalized spacial score (nSPS) is 19.3. The summed E-state index contributed by atoms with van der Waals surface area (Å²) in [4.78, 5) is 15.7. The zero-order chi connectivity index (χ0) is 11.6. The van der Waals surface area contributed by atoms with Gasteiger partial charge < -0.3 is 11.1 Å². The molecule has 0 bridgehead atoms. The molecule has 0 aliphatic heterocycles. The maximum Gasteiger partial charge on any atom is 0.238 e. The van der Waals surface area contributed by atoms with E-state index in [0.29, 0.717) is 11.7 Å². The van der Waals surface area contributed by atoms with Crippen molar-refractivity contribution in [1.82, 2.24) is 14.7 Å². The van der Waals surface area contributed by atoms with Crippen molar-refractivity contribution in [2.45, 2.75) is 22.7 Å². The molecule has 1 fully saturated rings. The SMILES string of the molecule is CNC(CSc1ncns1)(C(N)=O)C1CC1. The van der Waals surface area contributed by atoms with Crippen molar-refractivity contribution in [3.63, 3.8) is 0 Å². The molecule has 7 heteroatoms. The summed E-state index contributed by atoms with van der Waals surface area (Å²) in [6, 6.07) is 0. The second kappa shape index (κ2) is 4.68. The molecule has 1 unspecified atom stereocenters. The van der Waals surface area contributed by atoms with E-state index in [1.54, 1.807) is 7.05 Å². The monoisotopic (exact) mass is 258 g/mol. The van der Waals surface area contributed by atoms with Crippen LogP contribution in [0.2, 0.25) is 0 Å². The van der Waals surface area contributed by atoms with Crippen molar-refractivity contribution in [3.8, 4) is 0 Å². The van der Waals surface area contributed by atoms with E-state index in [1.165, 1.54) is 29.6 Å². The smallest absolute Gasteiger partial charge is 0.238 e. The largest absolute Gasteiger partial charge is 0.368 e. The lowest BCUT2D eigenvalue weighted by Gasteiger charge is -2.29. The topological polar surface area (TPSA) is 80.9 Å². The lowest BCUT2D eigenvalue weighted by molar-refractivity contribution is -0.124. The maximum atomic E-state index is 11.6. The van der Waals surface area contributed by atoms with E-state index < -0.39 is 5.54 Å². The number of aromatic nitrogens is 2. The third-order valence-electron chi connectivity index (χ3n) is 2.92. The minimum atomic E-state index is -0.587. The van der Waals surface area contributed by atoms with E-state index in [1.807, 2.05) is 0 Å². The highest BCUT2D eigenvalue weighted by atomic mass is 32.2. The first-order valence-corrected chi connectivity index (χ1v) is 6.83. The van der Waals surface area contributed by atoms with Crippen molar-refractivity contribution >= 4 is 29.2 Å². The van der Waals surface area contributed by atoms with E-state index in [-0.39, 0.29) is 5.91 Å². The third-order valence-corrected chi connectivity index (χ3v) is 4.91. The molecule has 1 saturated carbocycles. The Labute approximate surface area is 102 Å². The standard InChI is InChI=1S/C9H14N4OS2/c1-11-9(7(10)14,6-2-3-6)4-15-8-12-5-13-16-8/h5-6,11H,2-4H2,1H3,(H2,10,14). The molecule has 1 amide bonds. The van der Waals surface area contributed by atoms with Crippen LogP contribution < -0.4 is 11.1 Å². The van der Waals surface area contributed by atoms with Crippen LogP contribution in [0.4, 0.5) is 0 Å². The molecule has 1 aromatic rings. The number of likely N-dealkylation sites (N-methyl/N-ethyl adjacent to an activating group) is 1. The minimum Gasteiger partial charge on any atom is -0.368 e. The molecule has 1 heterocycles. The van der Waals surface area contributed by atoms with Crippen molar-refractivity contribution in [1.29, 1.82) is 0 Å². The molecule has 3 N–H and O–H groups in total. The molecule has 2 rings (SSSR count). The Hall–Kier alpha value is -0.660. The lowest BCUT2D eigenvalue weighted by atomic mass is 9.95. The van der Waals surface area contributed by atoms with Gasteiger partial charge in [0, 0.05) is 5.75 Å². The number of nitrogens with two attached hydrogens (primary N) is 1. The van der Waals surface area contributed by atoms with Crippen molar-refractivity contribution in [2.24, 2.45) is 11.7 Å². The van der Waals surface area contributed by atoms with Gasteiger partial charge in [0.15, 0.2) is 4.34 Å². The molecule has 88 valence electrons. The number of nitrogens with zero attached hydrogens (tertiary/aromatic N) is 2. The maximum absolute atomic E-state index is 11.6. The Balaban J connectivity index is 2.04. The Morgan fingerprint density at radius 2 is 2.56 bits per heavy atom. The number of amides is 1. The molecule has 1 aromatic heterocycles. The minimum absolute atomic E-state index is 0.269. The molecule has 0 saturated heterocycles. The molecule has 1 aliphatic carbocycles. The number of carbonyl (C=O) groups is 1. The molecule has 0 radical (unpaired) electrons. The predicted molar refractivity (Wildman–Crippen MR) is 64.3 cm³/mol. The molecule has 1 aliphatic rings. The molecule has 0 spiro atoms. The van der Waals surface area contributed by atoms with Crippen molar-refractivity contribution in [3.05, 3.63) is 6.33 Å². The molecule has 16 heavy (non-hydrogen) atoms. The van der Waals surface area contributed by atoms with Crippen LogP contribution in [0.15, 0.2) is 10.7 Å². The second-order valence-electron chi connectivity index (χ2n) is 3.86. The van der Waals surface area contributed by atoms with E-state index in [4.69, 9.17) is 5.73 Å². The molecular weight excluding hydrogens is 244 g/mol. The Bertz CT molecular complexity index is 366. The molecule has 5 nitrogen and oxygen atoms in total. The summed E-state index contributed by atoms with van der Waals surface area (Å²) in [6.45, 7) is 0. The third kappa shape index (κ3) is 2.21. The van der Waals surface area contributed by atoms with Gasteiger partial charge in [-0.15, -0.1) is 0 Å². The van der Waals surface area contributed by atoms with Gasteiger partial charge in [-0.1, -0.05) is 11.8 Å². The van der Waals surface area contributed by atoms with Gasteiger partial charge in [0.25, 0.3) is 0 Å². The fourth-order valence-corrected chi connectivity index (χ4v) is 3.56. The summed E-state index contributed by atoms with van der Waals surface area (Å²) in [5.41, 5.74) is 4.93. The number of hydrogen-bond donors (Lipinski definition) is 2. The number of primary amides is 1. The van der Waals surface area contributed by atoms with Gasteiger partial charge >= 0.3 is 0 Å². The summed E-state index contributed by atoms with van der Waals surface area (Å²) in [6.07, 6.45) is 3.66. The highest BCUT2D eigenvalue weighted by Crippen LogP contribution is 2.42. The first-order chi connectivity index (χ1) is 7.69. The van der Waals surface area contributed by atoms with Crippen LogP contribution in [0.25, 0.3) is 0 Å². The van der Waals surface area contributed by atoms with Gasteiger partial charge in [-0.25, -0.2) is 4.98 Å². The van der Waals surface area contributed by atoms with Gasteiger partial charge in [0.05, 0.1) is 0 Å². The number of nitrogens with one attached hydrogen (secondary N) is 1. The van der Waals surface area contributed by atoms with E-state index in [0.717, 1.165) is 17.2 Å². The van der Waals surface area contributed by atoms with Gasteiger partial charge in [-0.05, 0) is 37.3 Å². The van der Waals surface area contributed by atoms with E-state index in [9.17, 15) is 4.79 Å². The summed E-state index contributed by atoms with van der Waals surface area (Å²) < 4.78 is 4.80. The second-order valence-corrected chi connectivity index (χ2v) is 5.86. The van der Waals surface area contributed by atoms with Gasteiger partial charge in [-0.2, -0.15) is 4.37 Å². The Morgan fingerprint density at radius 1 is 1.81 bits per heavy atom. The van der Waals surface area contributed by atoms with Crippen LogP contribution in [-0.2, 0) is 4.79 Å². The summed E-state index contributed by atoms with van der Waals surface area (Å²) in [7, 11) is 1.80. The first-order valence-electron chi connectivity index (χ1n) is 5.07. The molecule has 1 atom stereocenters. The van der Waals surface area contributed by atoms with Crippen LogP contribution in [0.5, 0.6) is 0 Å². The predicted octanol–water partition coefficient (Wildman–Crippen LogP) is 0.484. The summed E-state index contributed by atoms with van der Waals surface area (Å²) in [5, 5.41) is 3.10.